The van der Waals surface area contributed by atoms with Crippen molar-refractivity contribution in [2.24, 2.45) is 0 Å². The Morgan fingerprint density at radius 2 is 2.48 bits per heavy atom. The maximum Gasteiger partial charge on any atom is 0.318 e. The molecule has 3 unspecified atom stereocenters. The van der Waals surface area contributed by atoms with Crippen molar-refractivity contribution in [3.63, 3.8) is 0 Å². The van der Waals surface area contributed by atoms with E-state index in [0.717, 1.165) is 38.8 Å². The summed E-state index contributed by atoms with van der Waals surface area (Å²) < 4.78 is 5.67. The van der Waals surface area contributed by atoms with Gasteiger partial charge in [-0.15, -0.1) is 11.3 Å². The number of nitrogens with zero attached hydrogens (tertiary/aromatic N) is 1. The van der Waals surface area contributed by atoms with Crippen LogP contribution in [0.25, 0.3) is 0 Å². The fourth-order valence-corrected chi connectivity index (χ4v) is 4.38. The van der Waals surface area contributed by atoms with Crippen LogP contribution >= 0.6 is 11.3 Å². The molecular weight excluding hydrogens is 284 g/mol. The molecule has 1 aromatic rings. The van der Waals surface area contributed by atoms with Crippen LogP contribution in [0.4, 0.5) is 4.79 Å². The van der Waals surface area contributed by atoms with E-state index in [1.807, 2.05) is 16.2 Å². The average molecular weight is 308 g/mol. The molecule has 0 aromatic carbocycles. The zero-order valence-corrected chi connectivity index (χ0v) is 13.6. The number of thiophene rings is 1. The quantitative estimate of drug-likeness (QED) is 0.930. The molecule has 21 heavy (non-hydrogen) atoms. The minimum Gasteiger partial charge on any atom is -0.376 e. The van der Waals surface area contributed by atoms with Crippen LogP contribution in [-0.4, -0.2) is 36.2 Å². The van der Waals surface area contributed by atoms with Gasteiger partial charge in [0, 0.05) is 18.0 Å². The molecule has 0 aliphatic carbocycles. The van der Waals surface area contributed by atoms with E-state index in [1.54, 1.807) is 0 Å². The van der Waals surface area contributed by atoms with Crippen molar-refractivity contribution >= 4 is 17.4 Å². The number of amides is 2. The summed E-state index contributed by atoms with van der Waals surface area (Å²) in [7, 11) is 0. The Balaban J connectivity index is 1.66. The van der Waals surface area contributed by atoms with Crippen LogP contribution in [0.3, 0.4) is 0 Å². The molecule has 1 aromatic heterocycles. The summed E-state index contributed by atoms with van der Waals surface area (Å²) in [5.41, 5.74) is 1.34. The monoisotopic (exact) mass is 308 g/mol. The lowest BCUT2D eigenvalue weighted by molar-refractivity contribution is 0.0812. The third-order valence-corrected chi connectivity index (χ3v) is 5.61. The largest absolute Gasteiger partial charge is 0.376 e. The number of rotatable bonds is 3. The number of carbonyl (C=O) groups is 1. The van der Waals surface area contributed by atoms with Crippen molar-refractivity contribution in [2.45, 2.75) is 57.7 Å². The van der Waals surface area contributed by atoms with Crippen molar-refractivity contribution < 1.29 is 9.53 Å². The number of nitrogens with one attached hydrogen (secondary N) is 1. The first-order chi connectivity index (χ1) is 10.2. The number of urea groups is 1. The number of ether oxygens (including phenoxy) is 1. The van der Waals surface area contributed by atoms with Gasteiger partial charge in [0.15, 0.2) is 0 Å². The van der Waals surface area contributed by atoms with Gasteiger partial charge in [0.25, 0.3) is 0 Å². The molecule has 116 valence electrons. The average Bonchev–Trinajstić information content (AvgIpc) is 3.16. The highest BCUT2D eigenvalue weighted by Gasteiger charge is 2.32. The molecule has 0 saturated carbocycles. The molecule has 1 fully saturated rings. The maximum atomic E-state index is 12.6. The summed E-state index contributed by atoms with van der Waals surface area (Å²) in [6.45, 7) is 5.84. The Labute approximate surface area is 130 Å². The number of carbonyl (C=O) groups excluding carboxylic acids is 1. The first kappa shape index (κ1) is 14.9. The topological polar surface area (TPSA) is 41.6 Å². The predicted octanol–water partition coefficient (Wildman–Crippen LogP) is 3.33. The number of hydrogen-bond acceptors (Lipinski definition) is 3. The molecule has 0 radical (unpaired) electrons. The second kappa shape index (κ2) is 6.36. The van der Waals surface area contributed by atoms with Gasteiger partial charge in [-0.1, -0.05) is 6.92 Å². The molecule has 3 rings (SSSR count). The fourth-order valence-electron chi connectivity index (χ4n) is 3.45. The minimum atomic E-state index is 0.0571. The van der Waals surface area contributed by atoms with Crippen molar-refractivity contribution in [2.75, 3.05) is 13.2 Å². The van der Waals surface area contributed by atoms with Gasteiger partial charge in [0.05, 0.1) is 18.2 Å². The van der Waals surface area contributed by atoms with Crippen molar-refractivity contribution in [3.8, 4) is 0 Å². The van der Waals surface area contributed by atoms with Crippen molar-refractivity contribution in [3.05, 3.63) is 21.9 Å². The molecule has 3 atom stereocenters. The van der Waals surface area contributed by atoms with Crippen LogP contribution < -0.4 is 5.32 Å². The van der Waals surface area contributed by atoms with Gasteiger partial charge in [-0.25, -0.2) is 4.79 Å². The Morgan fingerprint density at radius 1 is 1.62 bits per heavy atom. The lowest BCUT2D eigenvalue weighted by Crippen LogP contribution is -2.50. The molecule has 2 aliphatic heterocycles. The first-order valence-corrected chi connectivity index (χ1v) is 8.83. The predicted molar refractivity (Wildman–Crippen MR) is 84.7 cm³/mol. The summed E-state index contributed by atoms with van der Waals surface area (Å²) in [5, 5.41) is 5.29. The molecule has 5 heteroatoms. The van der Waals surface area contributed by atoms with Crippen LogP contribution in [-0.2, 0) is 11.2 Å². The molecule has 0 spiro atoms. The first-order valence-electron chi connectivity index (χ1n) is 7.95. The van der Waals surface area contributed by atoms with Gasteiger partial charge in [0.2, 0.25) is 0 Å². The van der Waals surface area contributed by atoms with E-state index < -0.39 is 0 Å². The molecular formula is C16H24N2O2S. The summed E-state index contributed by atoms with van der Waals surface area (Å²) in [5.74, 6) is 0. The SMILES string of the molecule is CCC1c2ccsc2CCN1C(=O)NC(C)C1CCCO1. The van der Waals surface area contributed by atoms with Gasteiger partial charge in [-0.05, 0) is 49.6 Å². The molecule has 2 aliphatic rings. The van der Waals surface area contributed by atoms with Crippen molar-refractivity contribution in [1.82, 2.24) is 10.2 Å². The highest BCUT2D eigenvalue weighted by molar-refractivity contribution is 7.10. The Hall–Kier alpha value is -1.07. The lowest BCUT2D eigenvalue weighted by Gasteiger charge is -2.36. The Kier molecular flexibility index (Phi) is 4.50. The number of hydrogen-bond donors (Lipinski definition) is 1. The van der Waals surface area contributed by atoms with E-state index in [9.17, 15) is 4.79 Å². The van der Waals surface area contributed by atoms with E-state index in [2.05, 4.69) is 30.6 Å². The zero-order valence-electron chi connectivity index (χ0n) is 12.8. The second-order valence-electron chi connectivity index (χ2n) is 5.96. The Morgan fingerprint density at radius 3 is 3.19 bits per heavy atom. The maximum absolute atomic E-state index is 12.6. The molecule has 4 nitrogen and oxygen atoms in total. The van der Waals surface area contributed by atoms with Crippen LogP contribution in [0, 0.1) is 0 Å². The Bertz CT molecular complexity index is 496. The van der Waals surface area contributed by atoms with Gasteiger partial charge in [-0.3, -0.25) is 0 Å². The van der Waals surface area contributed by atoms with Crippen LogP contribution in [0.15, 0.2) is 11.4 Å². The van der Waals surface area contributed by atoms with Gasteiger partial charge in [-0.2, -0.15) is 0 Å². The highest BCUT2D eigenvalue weighted by Crippen LogP contribution is 2.35. The smallest absolute Gasteiger partial charge is 0.318 e. The van der Waals surface area contributed by atoms with Crippen LogP contribution in [0.1, 0.15) is 49.6 Å². The van der Waals surface area contributed by atoms with Gasteiger partial charge < -0.3 is 15.0 Å². The third kappa shape index (κ3) is 2.94. The summed E-state index contributed by atoms with van der Waals surface area (Å²) >= 11 is 1.81. The molecule has 3 heterocycles. The highest BCUT2D eigenvalue weighted by atomic mass is 32.1. The normalized spacial score (nSPS) is 26.5. The number of fused-ring (bicyclic) bond motifs is 1. The molecule has 2 amide bonds. The summed E-state index contributed by atoms with van der Waals surface area (Å²) in [6.07, 6.45) is 4.27. The van der Waals surface area contributed by atoms with Gasteiger partial charge in [0.1, 0.15) is 0 Å². The minimum absolute atomic E-state index is 0.0571. The van der Waals surface area contributed by atoms with E-state index >= 15 is 0 Å². The van der Waals surface area contributed by atoms with Gasteiger partial charge >= 0.3 is 6.03 Å². The van der Waals surface area contributed by atoms with E-state index in [1.165, 1.54) is 10.4 Å². The van der Waals surface area contributed by atoms with E-state index in [0.29, 0.717) is 0 Å². The third-order valence-electron chi connectivity index (χ3n) is 4.62. The molecule has 0 bridgehead atoms. The standard InChI is InChI=1S/C16H24N2O2S/c1-3-13-12-7-10-21-15(12)6-8-18(13)16(19)17-11(2)14-5-4-9-20-14/h7,10-11,13-14H,3-6,8-9H2,1-2H3,(H,17,19). The summed E-state index contributed by atoms with van der Waals surface area (Å²) in [6, 6.07) is 2.54. The fraction of sp³-hybridized carbons (Fsp3) is 0.688. The second-order valence-corrected chi connectivity index (χ2v) is 6.96. The van der Waals surface area contributed by atoms with E-state index in [-0.39, 0.29) is 24.2 Å². The zero-order chi connectivity index (χ0) is 14.8. The lowest BCUT2D eigenvalue weighted by atomic mass is 9.98. The summed E-state index contributed by atoms with van der Waals surface area (Å²) in [4.78, 5) is 16.1. The van der Waals surface area contributed by atoms with Crippen molar-refractivity contribution in [1.29, 1.82) is 0 Å². The van der Waals surface area contributed by atoms with E-state index in [4.69, 9.17) is 4.74 Å². The molecule has 1 saturated heterocycles. The van der Waals surface area contributed by atoms with Crippen LogP contribution in [0.5, 0.6) is 0 Å². The molecule has 1 N–H and O–H groups in total. The van der Waals surface area contributed by atoms with Crippen LogP contribution in [0.2, 0.25) is 0 Å².